The van der Waals surface area contributed by atoms with Gasteiger partial charge in [-0.25, -0.2) is 4.98 Å². The van der Waals surface area contributed by atoms with Crippen molar-refractivity contribution in [2.24, 2.45) is 0 Å². The molecule has 2 N–H and O–H groups in total. The monoisotopic (exact) mass is 318 g/mol. The molecule has 0 fully saturated rings. The molecular weight excluding hydrogens is 304 g/mol. The number of thiazole rings is 1. The Morgan fingerprint density at radius 1 is 1.43 bits per heavy atom. The number of hydrogen-bond donors (Lipinski definition) is 2. The first-order chi connectivity index (χ1) is 10.2. The van der Waals surface area contributed by atoms with Gasteiger partial charge in [0.15, 0.2) is 4.34 Å². The first-order valence-corrected chi connectivity index (χ1v) is 8.26. The number of nitrogens with zero attached hydrogens (tertiary/aromatic N) is 2. The Balaban J connectivity index is 1.52. The predicted octanol–water partition coefficient (Wildman–Crippen LogP) is 2.74. The van der Waals surface area contributed by atoms with Crippen molar-refractivity contribution >= 4 is 39.2 Å². The number of carbonyl (C=O) groups excluding carboxylic acids is 1. The van der Waals surface area contributed by atoms with E-state index >= 15 is 0 Å². The average Bonchev–Trinajstić information content (AvgIpc) is 3.08. The molecule has 0 aliphatic rings. The van der Waals surface area contributed by atoms with Crippen LogP contribution in [0.15, 0.2) is 34.8 Å². The summed E-state index contributed by atoms with van der Waals surface area (Å²) in [6.07, 6.45) is 1.73. The zero-order chi connectivity index (χ0) is 14.7. The Morgan fingerprint density at radius 3 is 3.05 bits per heavy atom. The maximum Gasteiger partial charge on any atom is 0.230 e. The van der Waals surface area contributed by atoms with Crippen LogP contribution in [-0.4, -0.2) is 26.8 Å². The molecule has 3 rings (SSSR count). The number of nitrogens with one attached hydrogen (secondary N) is 2. The molecule has 5 nitrogen and oxygen atoms in total. The molecule has 0 aliphatic carbocycles. The van der Waals surface area contributed by atoms with Crippen molar-refractivity contribution in [3.05, 3.63) is 41.7 Å². The van der Waals surface area contributed by atoms with E-state index in [1.807, 2.05) is 31.2 Å². The van der Waals surface area contributed by atoms with Gasteiger partial charge in [0.25, 0.3) is 0 Å². The fourth-order valence-electron chi connectivity index (χ4n) is 1.84. The van der Waals surface area contributed by atoms with Crippen LogP contribution in [0.5, 0.6) is 0 Å². The molecule has 21 heavy (non-hydrogen) atoms. The van der Waals surface area contributed by atoms with Crippen molar-refractivity contribution in [1.82, 2.24) is 20.5 Å². The number of aryl methyl sites for hydroxylation is 1. The fraction of sp³-hybridized carbons (Fsp3) is 0.214. The highest BCUT2D eigenvalue weighted by Gasteiger charge is 2.08. The molecule has 7 heteroatoms. The molecule has 0 aliphatic heterocycles. The number of carbonyl (C=O) groups is 1. The highest BCUT2D eigenvalue weighted by atomic mass is 32.2. The summed E-state index contributed by atoms with van der Waals surface area (Å²) < 4.78 is 2.07. The van der Waals surface area contributed by atoms with Crippen molar-refractivity contribution in [3.63, 3.8) is 0 Å². The second kappa shape index (κ2) is 6.28. The topological polar surface area (TPSA) is 70.7 Å². The summed E-state index contributed by atoms with van der Waals surface area (Å²) >= 11 is 3.08. The number of H-pyrrole nitrogens is 1. The summed E-state index contributed by atoms with van der Waals surface area (Å²) in [5, 5.41) is 9.66. The van der Waals surface area contributed by atoms with Crippen LogP contribution < -0.4 is 5.32 Å². The van der Waals surface area contributed by atoms with Crippen LogP contribution in [0.25, 0.3) is 10.2 Å². The molecule has 0 saturated carbocycles. The molecule has 0 radical (unpaired) electrons. The van der Waals surface area contributed by atoms with Crippen LogP contribution in [-0.2, 0) is 11.3 Å². The fourth-order valence-corrected chi connectivity index (χ4v) is 3.74. The lowest BCUT2D eigenvalue weighted by Crippen LogP contribution is -2.24. The van der Waals surface area contributed by atoms with Gasteiger partial charge in [-0.1, -0.05) is 23.9 Å². The molecule has 108 valence electrons. The average molecular weight is 318 g/mol. The van der Waals surface area contributed by atoms with Gasteiger partial charge in [-0.15, -0.1) is 11.3 Å². The normalized spacial score (nSPS) is 10.9. The summed E-state index contributed by atoms with van der Waals surface area (Å²) in [6.45, 7) is 2.44. The van der Waals surface area contributed by atoms with E-state index in [1.54, 1.807) is 17.5 Å². The summed E-state index contributed by atoms with van der Waals surface area (Å²) in [5.74, 6) is 0.372. The van der Waals surface area contributed by atoms with Gasteiger partial charge in [-0.3, -0.25) is 9.89 Å². The summed E-state index contributed by atoms with van der Waals surface area (Å²) in [6, 6.07) is 7.99. The lowest BCUT2D eigenvalue weighted by molar-refractivity contribution is -0.118. The molecular formula is C14H14N4OS2. The molecule has 3 aromatic rings. The maximum absolute atomic E-state index is 11.9. The van der Waals surface area contributed by atoms with Crippen molar-refractivity contribution in [3.8, 4) is 0 Å². The van der Waals surface area contributed by atoms with Gasteiger partial charge in [-0.05, 0) is 19.1 Å². The van der Waals surface area contributed by atoms with Crippen LogP contribution in [0.4, 0.5) is 0 Å². The number of thioether (sulfide) groups is 1. The van der Waals surface area contributed by atoms with Gasteiger partial charge in [0.05, 0.1) is 22.2 Å². The third kappa shape index (κ3) is 3.43. The van der Waals surface area contributed by atoms with E-state index in [0.717, 1.165) is 25.8 Å². The summed E-state index contributed by atoms with van der Waals surface area (Å²) in [4.78, 5) is 16.3. The highest BCUT2D eigenvalue weighted by Crippen LogP contribution is 2.28. The molecule has 0 bridgehead atoms. The minimum absolute atomic E-state index is 0.000133. The van der Waals surface area contributed by atoms with Crippen molar-refractivity contribution in [2.75, 3.05) is 5.75 Å². The van der Waals surface area contributed by atoms with Gasteiger partial charge >= 0.3 is 0 Å². The first kappa shape index (κ1) is 14.1. The Hall–Kier alpha value is -1.86. The number of aromatic amines is 1. The third-order valence-corrected chi connectivity index (χ3v) is 5.19. The lowest BCUT2D eigenvalue weighted by Gasteiger charge is -2.03. The maximum atomic E-state index is 11.9. The zero-order valence-corrected chi connectivity index (χ0v) is 13.1. The largest absolute Gasteiger partial charge is 0.351 e. The predicted molar refractivity (Wildman–Crippen MR) is 85.5 cm³/mol. The van der Waals surface area contributed by atoms with E-state index in [1.165, 1.54) is 11.8 Å². The van der Waals surface area contributed by atoms with Gasteiger partial charge in [0, 0.05) is 17.8 Å². The molecule has 1 amide bonds. The number of hydrogen-bond acceptors (Lipinski definition) is 5. The Labute approximate surface area is 130 Å². The van der Waals surface area contributed by atoms with E-state index in [0.29, 0.717) is 12.3 Å². The minimum Gasteiger partial charge on any atom is -0.351 e. The van der Waals surface area contributed by atoms with Crippen LogP contribution >= 0.6 is 23.1 Å². The first-order valence-electron chi connectivity index (χ1n) is 6.46. The van der Waals surface area contributed by atoms with Crippen molar-refractivity contribution in [1.29, 1.82) is 0 Å². The van der Waals surface area contributed by atoms with E-state index in [4.69, 9.17) is 0 Å². The smallest absolute Gasteiger partial charge is 0.230 e. The highest BCUT2D eigenvalue weighted by molar-refractivity contribution is 8.01. The second-order valence-corrected chi connectivity index (χ2v) is 6.79. The number of fused-ring (bicyclic) bond motifs is 1. The number of amides is 1. The van der Waals surface area contributed by atoms with E-state index < -0.39 is 0 Å². The minimum atomic E-state index is -0.000133. The number of aromatic nitrogens is 3. The Bertz CT molecular complexity index is 732. The van der Waals surface area contributed by atoms with Crippen molar-refractivity contribution < 1.29 is 4.79 Å². The molecule has 0 atom stereocenters. The molecule has 0 saturated heterocycles. The summed E-state index contributed by atoms with van der Waals surface area (Å²) in [7, 11) is 0. The quantitative estimate of drug-likeness (QED) is 0.710. The number of para-hydroxylation sites is 1. The van der Waals surface area contributed by atoms with Gasteiger partial charge in [-0.2, -0.15) is 5.10 Å². The van der Waals surface area contributed by atoms with Crippen LogP contribution in [0.1, 0.15) is 11.3 Å². The molecule has 0 spiro atoms. The zero-order valence-electron chi connectivity index (χ0n) is 11.4. The number of rotatable bonds is 5. The molecule has 2 heterocycles. The van der Waals surface area contributed by atoms with Gasteiger partial charge < -0.3 is 5.32 Å². The van der Waals surface area contributed by atoms with E-state index in [-0.39, 0.29) is 5.91 Å². The molecule has 2 aromatic heterocycles. The van der Waals surface area contributed by atoms with E-state index in [9.17, 15) is 4.79 Å². The van der Waals surface area contributed by atoms with Crippen molar-refractivity contribution in [2.45, 2.75) is 17.8 Å². The van der Waals surface area contributed by atoms with Gasteiger partial charge in [0.2, 0.25) is 5.91 Å². The SMILES string of the molecule is Cc1[nH]ncc1CNC(=O)CSc1nc2ccccc2s1. The third-order valence-electron chi connectivity index (χ3n) is 3.01. The van der Waals surface area contributed by atoms with Crippen LogP contribution in [0, 0.1) is 6.92 Å². The molecule has 0 unspecified atom stereocenters. The molecule has 1 aromatic carbocycles. The lowest BCUT2D eigenvalue weighted by atomic mass is 10.3. The van der Waals surface area contributed by atoms with Crippen LogP contribution in [0.2, 0.25) is 0 Å². The Morgan fingerprint density at radius 2 is 2.29 bits per heavy atom. The van der Waals surface area contributed by atoms with Crippen LogP contribution in [0.3, 0.4) is 0 Å². The number of benzene rings is 1. The van der Waals surface area contributed by atoms with Gasteiger partial charge in [0.1, 0.15) is 0 Å². The second-order valence-electron chi connectivity index (χ2n) is 4.53. The van der Waals surface area contributed by atoms with E-state index in [2.05, 4.69) is 20.5 Å². The Kier molecular flexibility index (Phi) is 4.21. The summed E-state index contributed by atoms with van der Waals surface area (Å²) in [5.41, 5.74) is 2.97. The standard InChI is InChI=1S/C14H14N4OS2/c1-9-10(7-16-18-9)6-15-13(19)8-20-14-17-11-4-2-3-5-12(11)21-14/h2-5,7H,6,8H2,1H3,(H,15,19)(H,16,18).